The summed E-state index contributed by atoms with van der Waals surface area (Å²) in [6.45, 7) is 0.0250. The molecule has 0 spiro atoms. The molecule has 1 N–H and O–H groups in total. The molecule has 0 radical (unpaired) electrons. The summed E-state index contributed by atoms with van der Waals surface area (Å²) in [6, 6.07) is 9.01. The number of rotatable bonds is 4. The number of nitrogens with one attached hydrogen (secondary N) is 1. The number of piperazine rings is 1. The Morgan fingerprint density at radius 1 is 1.00 bits per heavy atom. The van der Waals surface area contributed by atoms with Crippen LogP contribution in [0.5, 0.6) is 0 Å². The van der Waals surface area contributed by atoms with Crippen molar-refractivity contribution < 1.29 is 26.4 Å². The van der Waals surface area contributed by atoms with Crippen LogP contribution in [0.3, 0.4) is 0 Å². The van der Waals surface area contributed by atoms with E-state index in [0.717, 1.165) is 16.8 Å². The third-order valence-electron chi connectivity index (χ3n) is 5.56. The Labute approximate surface area is 219 Å². The molecule has 15 heteroatoms. The van der Waals surface area contributed by atoms with E-state index in [9.17, 15) is 31.2 Å². The van der Waals surface area contributed by atoms with Crippen molar-refractivity contribution >= 4 is 44.9 Å². The van der Waals surface area contributed by atoms with Crippen LogP contribution in [-0.4, -0.2) is 59.6 Å². The van der Waals surface area contributed by atoms with Crippen LogP contribution in [0.1, 0.15) is 5.56 Å². The third-order valence-corrected chi connectivity index (χ3v) is 8.22. The van der Waals surface area contributed by atoms with Gasteiger partial charge in [-0.25, -0.2) is 13.2 Å². The molecule has 9 nitrogen and oxygen atoms in total. The number of halogens is 5. The first kappa shape index (κ1) is 26.9. The van der Waals surface area contributed by atoms with Gasteiger partial charge in [0.15, 0.2) is 0 Å². The monoisotopic (exact) mass is 575 g/mol. The quantitative estimate of drug-likeness (QED) is 0.504. The van der Waals surface area contributed by atoms with Crippen molar-refractivity contribution in [3.8, 4) is 5.69 Å². The van der Waals surface area contributed by atoms with Crippen molar-refractivity contribution in [3.05, 3.63) is 80.7 Å². The highest BCUT2D eigenvalue weighted by atomic mass is 35.5. The molecule has 0 bridgehead atoms. The highest BCUT2D eigenvalue weighted by molar-refractivity contribution is 7.89. The lowest BCUT2D eigenvalue weighted by atomic mass is 10.2. The minimum Gasteiger partial charge on any atom is -0.322 e. The van der Waals surface area contributed by atoms with E-state index in [4.69, 9.17) is 23.2 Å². The fourth-order valence-electron chi connectivity index (χ4n) is 3.61. The normalized spacial score (nSPS) is 15.0. The summed E-state index contributed by atoms with van der Waals surface area (Å²) in [5.74, 6) is 0. The smallest absolute Gasteiger partial charge is 0.322 e. The third kappa shape index (κ3) is 5.74. The van der Waals surface area contributed by atoms with Crippen molar-refractivity contribution in [3.63, 3.8) is 0 Å². The zero-order valence-corrected chi connectivity index (χ0v) is 21.1. The standard InChI is InChI=1S/C22H18Cl2F3N5O4S/c23-18-13-28-32(20(33)19(18)24)16-4-6-17(7-5-16)37(35,36)31-10-8-30(9-11-31)21(34)29-15-3-1-2-14(12-15)22(25,26)27/h1-7,12-13H,8-11H2,(H,29,34). The molecular formula is C22H18Cl2F3N5O4S. The number of carbonyl (C=O) groups is 1. The first-order chi connectivity index (χ1) is 17.4. The molecule has 0 saturated carbocycles. The van der Waals surface area contributed by atoms with Crippen LogP contribution in [0.2, 0.25) is 10.0 Å². The van der Waals surface area contributed by atoms with Crippen LogP contribution in [0.15, 0.2) is 64.4 Å². The van der Waals surface area contributed by atoms with Gasteiger partial charge in [-0.2, -0.15) is 27.3 Å². The maximum absolute atomic E-state index is 13.1. The lowest BCUT2D eigenvalue weighted by Crippen LogP contribution is -2.51. The second-order valence-electron chi connectivity index (χ2n) is 7.92. The zero-order valence-electron chi connectivity index (χ0n) is 18.7. The summed E-state index contributed by atoms with van der Waals surface area (Å²) in [4.78, 5) is 26.0. The molecule has 3 aromatic rings. The number of anilines is 1. The summed E-state index contributed by atoms with van der Waals surface area (Å²) in [5.41, 5.74) is -1.31. The summed E-state index contributed by atoms with van der Waals surface area (Å²) in [6.07, 6.45) is -3.36. The van der Waals surface area contributed by atoms with Crippen molar-refractivity contribution in [1.82, 2.24) is 19.0 Å². The van der Waals surface area contributed by atoms with Gasteiger partial charge in [0.05, 0.1) is 27.4 Å². The lowest BCUT2D eigenvalue weighted by Gasteiger charge is -2.34. The minimum atomic E-state index is -4.55. The topological polar surface area (TPSA) is 105 Å². The van der Waals surface area contributed by atoms with E-state index in [1.54, 1.807) is 0 Å². The van der Waals surface area contributed by atoms with Crippen LogP contribution in [0.4, 0.5) is 23.7 Å². The molecule has 0 unspecified atom stereocenters. The molecule has 2 heterocycles. The van der Waals surface area contributed by atoms with Gasteiger partial charge in [0.1, 0.15) is 5.02 Å². The Morgan fingerprint density at radius 3 is 2.27 bits per heavy atom. The number of aromatic nitrogens is 2. The number of benzene rings is 2. The van der Waals surface area contributed by atoms with E-state index in [1.165, 1.54) is 51.8 Å². The maximum Gasteiger partial charge on any atom is 0.416 e. The lowest BCUT2D eigenvalue weighted by molar-refractivity contribution is -0.137. The van der Waals surface area contributed by atoms with E-state index in [-0.39, 0.29) is 52.5 Å². The van der Waals surface area contributed by atoms with Gasteiger partial charge in [-0.15, -0.1) is 0 Å². The molecule has 1 aliphatic heterocycles. The van der Waals surface area contributed by atoms with Crippen LogP contribution >= 0.6 is 23.2 Å². The highest BCUT2D eigenvalue weighted by Gasteiger charge is 2.32. The predicted molar refractivity (Wildman–Crippen MR) is 131 cm³/mol. The number of hydrogen-bond donors (Lipinski definition) is 1. The second-order valence-corrected chi connectivity index (χ2v) is 10.6. The maximum atomic E-state index is 13.1. The Bertz CT molecular complexity index is 1490. The minimum absolute atomic E-state index is 0.00948. The van der Waals surface area contributed by atoms with Crippen molar-refractivity contribution in [2.75, 3.05) is 31.5 Å². The average molecular weight is 576 g/mol. The molecule has 1 aliphatic rings. The molecular weight excluding hydrogens is 558 g/mol. The Balaban J connectivity index is 1.41. The molecule has 4 rings (SSSR count). The van der Waals surface area contributed by atoms with E-state index in [2.05, 4.69) is 10.4 Å². The number of hydrogen-bond acceptors (Lipinski definition) is 5. The van der Waals surface area contributed by atoms with E-state index in [1.807, 2.05) is 0 Å². The van der Waals surface area contributed by atoms with Crippen molar-refractivity contribution in [2.45, 2.75) is 11.1 Å². The van der Waals surface area contributed by atoms with Crippen molar-refractivity contribution in [1.29, 1.82) is 0 Å². The second kappa shape index (κ2) is 10.3. The summed E-state index contributed by atoms with van der Waals surface area (Å²) in [7, 11) is -3.92. The Morgan fingerprint density at radius 2 is 1.65 bits per heavy atom. The first-order valence-electron chi connectivity index (χ1n) is 10.6. The molecule has 1 fully saturated rings. The van der Waals surface area contributed by atoms with E-state index < -0.39 is 33.4 Å². The molecule has 2 aromatic carbocycles. The summed E-state index contributed by atoms with van der Waals surface area (Å²) >= 11 is 11.6. The molecule has 1 saturated heterocycles. The van der Waals surface area contributed by atoms with Gasteiger partial charge >= 0.3 is 12.2 Å². The number of carbonyl (C=O) groups excluding carboxylic acids is 1. The van der Waals surface area contributed by atoms with Gasteiger partial charge < -0.3 is 10.2 Å². The van der Waals surface area contributed by atoms with E-state index >= 15 is 0 Å². The number of urea groups is 1. The number of nitrogens with zero attached hydrogens (tertiary/aromatic N) is 4. The summed E-state index contributed by atoms with van der Waals surface area (Å²) < 4.78 is 67.0. The molecule has 0 atom stereocenters. The zero-order chi connectivity index (χ0) is 27.0. The molecule has 196 valence electrons. The number of alkyl halides is 3. The van der Waals surface area contributed by atoms with Crippen molar-refractivity contribution in [2.24, 2.45) is 0 Å². The fourth-order valence-corrected chi connectivity index (χ4v) is 5.29. The Kier molecular flexibility index (Phi) is 7.51. The highest BCUT2D eigenvalue weighted by Crippen LogP contribution is 2.30. The SMILES string of the molecule is O=C(Nc1cccc(C(F)(F)F)c1)N1CCN(S(=O)(=O)c2ccc(-n3ncc(Cl)c(Cl)c3=O)cc2)CC1. The van der Waals surface area contributed by atoms with Crippen LogP contribution in [0, 0.1) is 0 Å². The summed E-state index contributed by atoms with van der Waals surface area (Å²) in [5, 5.41) is 6.07. The molecule has 0 aliphatic carbocycles. The van der Waals surface area contributed by atoms with Crippen LogP contribution < -0.4 is 10.9 Å². The Hall–Kier alpha value is -3.13. The van der Waals surface area contributed by atoms with Gasteiger partial charge in [0.2, 0.25) is 10.0 Å². The van der Waals surface area contributed by atoms with Gasteiger partial charge in [-0.3, -0.25) is 4.79 Å². The van der Waals surface area contributed by atoms with Crippen LogP contribution in [-0.2, 0) is 16.2 Å². The molecule has 37 heavy (non-hydrogen) atoms. The van der Waals surface area contributed by atoms with Gasteiger partial charge in [0, 0.05) is 31.9 Å². The molecule has 1 aromatic heterocycles. The largest absolute Gasteiger partial charge is 0.416 e. The van der Waals surface area contributed by atoms with Gasteiger partial charge in [-0.05, 0) is 42.5 Å². The average Bonchev–Trinajstić information content (AvgIpc) is 2.87. The van der Waals surface area contributed by atoms with E-state index in [0.29, 0.717) is 0 Å². The van der Waals surface area contributed by atoms with Gasteiger partial charge in [0.25, 0.3) is 5.56 Å². The number of amides is 2. The molecule has 2 amide bonds. The van der Waals surface area contributed by atoms with Crippen LogP contribution in [0.25, 0.3) is 5.69 Å². The fraction of sp³-hybridized carbons (Fsp3) is 0.227. The number of sulfonamides is 1. The van der Waals surface area contributed by atoms with Gasteiger partial charge in [-0.1, -0.05) is 29.3 Å². The predicted octanol–water partition coefficient (Wildman–Crippen LogP) is 4.10. The first-order valence-corrected chi connectivity index (χ1v) is 12.8.